The molecule has 7 nitrogen and oxygen atoms in total. The highest BCUT2D eigenvalue weighted by atomic mass is 16.2. The largest absolute Gasteiger partial charge is 0.338 e. The van der Waals surface area contributed by atoms with Crippen molar-refractivity contribution in [2.24, 2.45) is 0 Å². The number of piperazine rings is 1. The molecule has 1 aromatic carbocycles. The van der Waals surface area contributed by atoms with Crippen molar-refractivity contribution in [2.45, 2.75) is 6.54 Å². The van der Waals surface area contributed by atoms with E-state index in [2.05, 4.69) is 19.9 Å². The molecule has 1 saturated heterocycles. The number of rotatable bonds is 3. The maximum absolute atomic E-state index is 12.6. The lowest BCUT2D eigenvalue weighted by molar-refractivity contribution is -0.132. The van der Waals surface area contributed by atoms with Crippen LogP contribution in [0.15, 0.2) is 49.1 Å². The van der Waals surface area contributed by atoms with Gasteiger partial charge in [-0.25, -0.2) is 15.0 Å². The predicted octanol–water partition coefficient (Wildman–Crippen LogP) is 1.18. The molecule has 4 rings (SSSR count). The molecule has 0 bridgehead atoms. The van der Waals surface area contributed by atoms with Crippen LogP contribution in [0.4, 0.5) is 5.95 Å². The second kappa shape index (κ2) is 6.27. The van der Waals surface area contributed by atoms with Crippen LogP contribution in [0.3, 0.4) is 0 Å². The van der Waals surface area contributed by atoms with Gasteiger partial charge >= 0.3 is 0 Å². The molecule has 24 heavy (non-hydrogen) atoms. The zero-order valence-electron chi connectivity index (χ0n) is 13.2. The van der Waals surface area contributed by atoms with Crippen LogP contribution < -0.4 is 4.90 Å². The minimum atomic E-state index is 0.117. The Hall–Kier alpha value is -2.96. The van der Waals surface area contributed by atoms with Gasteiger partial charge in [0.2, 0.25) is 11.9 Å². The lowest BCUT2D eigenvalue weighted by Gasteiger charge is -2.34. The first-order valence-electron chi connectivity index (χ1n) is 8.01. The van der Waals surface area contributed by atoms with E-state index in [1.807, 2.05) is 33.7 Å². The quantitative estimate of drug-likeness (QED) is 0.724. The van der Waals surface area contributed by atoms with E-state index in [0.29, 0.717) is 19.6 Å². The number of imidazole rings is 1. The number of hydrogen-bond donors (Lipinski definition) is 0. The molecule has 0 N–H and O–H groups in total. The first kappa shape index (κ1) is 14.6. The number of para-hydroxylation sites is 2. The van der Waals surface area contributed by atoms with Crippen LogP contribution in [0.1, 0.15) is 0 Å². The Morgan fingerprint density at radius 2 is 1.71 bits per heavy atom. The highest BCUT2D eigenvalue weighted by Gasteiger charge is 2.22. The lowest BCUT2D eigenvalue weighted by atomic mass is 10.3. The monoisotopic (exact) mass is 322 g/mol. The van der Waals surface area contributed by atoms with Crippen molar-refractivity contribution in [1.29, 1.82) is 0 Å². The minimum absolute atomic E-state index is 0.117. The van der Waals surface area contributed by atoms with E-state index < -0.39 is 0 Å². The van der Waals surface area contributed by atoms with Crippen LogP contribution in [-0.2, 0) is 11.3 Å². The van der Waals surface area contributed by atoms with Crippen LogP contribution in [-0.4, -0.2) is 56.5 Å². The highest BCUT2D eigenvalue weighted by molar-refractivity contribution is 5.80. The van der Waals surface area contributed by atoms with Gasteiger partial charge in [0.1, 0.15) is 6.54 Å². The van der Waals surface area contributed by atoms with E-state index in [9.17, 15) is 4.79 Å². The Morgan fingerprint density at radius 3 is 2.50 bits per heavy atom. The Morgan fingerprint density at radius 1 is 0.958 bits per heavy atom. The molecule has 1 fully saturated rings. The normalized spacial score (nSPS) is 15.0. The van der Waals surface area contributed by atoms with Crippen LogP contribution >= 0.6 is 0 Å². The first-order chi connectivity index (χ1) is 11.8. The molecule has 3 aromatic rings. The summed E-state index contributed by atoms with van der Waals surface area (Å²) in [6.07, 6.45) is 5.21. The van der Waals surface area contributed by atoms with Crippen LogP contribution in [0.2, 0.25) is 0 Å². The summed E-state index contributed by atoms with van der Waals surface area (Å²) >= 11 is 0. The van der Waals surface area contributed by atoms with Crippen molar-refractivity contribution in [2.75, 3.05) is 31.1 Å². The zero-order chi connectivity index (χ0) is 16.4. The molecule has 1 aliphatic rings. The van der Waals surface area contributed by atoms with E-state index in [1.54, 1.807) is 24.8 Å². The third-order valence-electron chi connectivity index (χ3n) is 4.30. The van der Waals surface area contributed by atoms with E-state index in [-0.39, 0.29) is 5.91 Å². The second-order valence-electron chi connectivity index (χ2n) is 5.78. The van der Waals surface area contributed by atoms with Crippen molar-refractivity contribution in [3.8, 4) is 0 Å². The summed E-state index contributed by atoms with van der Waals surface area (Å²) in [4.78, 5) is 29.5. The van der Waals surface area contributed by atoms with Crippen LogP contribution in [0, 0.1) is 0 Å². The number of fused-ring (bicyclic) bond motifs is 1. The Balaban J connectivity index is 1.40. The number of benzene rings is 1. The summed E-state index contributed by atoms with van der Waals surface area (Å²) in [5.41, 5.74) is 1.90. The Kier molecular flexibility index (Phi) is 3.82. The smallest absolute Gasteiger partial charge is 0.242 e. The number of hydrogen-bond acceptors (Lipinski definition) is 5. The molecule has 3 heterocycles. The molecule has 0 radical (unpaired) electrons. The number of nitrogens with zero attached hydrogens (tertiary/aromatic N) is 6. The van der Waals surface area contributed by atoms with Gasteiger partial charge in [-0.3, -0.25) is 4.79 Å². The molecule has 0 atom stereocenters. The molecule has 0 spiro atoms. The molecular weight excluding hydrogens is 304 g/mol. The van der Waals surface area contributed by atoms with E-state index in [0.717, 1.165) is 30.1 Å². The van der Waals surface area contributed by atoms with Gasteiger partial charge in [0.05, 0.1) is 17.4 Å². The predicted molar refractivity (Wildman–Crippen MR) is 90.6 cm³/mol. The van der Waals surface area contributed by atoms with E-state index in [4.69, 9.17) is 0 Å². The van der Waals surface area contributed by atoms with Gasteiger partial charge in [0, 0.05) is 38.6 Å². The Labute approximate surface area is 139 Å². The SMILES string of the molecule is O=C(Cn1cnc2ccccc21)N1CCN(c2ncccn2)CC1. The van der Waals surface area contributed by atoms with Gasteiger partial charge in [0.25, 0.3) is 0 Å². The molecule has 2 aromatic heterocycles. The van der Waals surface area contributed by atoms with Crippen molar-refractivity contribution in [3.63, 3.8) is 0 Å². The van der Waals surface area contributed by atoms with Crippen LogP contribution in [0.25, 0.3) is 11.0 Å². The van der Waals surface area contributed by atoms with Crippen molar-refractivity contribution < 1.29 is 4.79 Å². The van der Waals surface area contributed by atoms with E-state index in [1.165, 1.54) is 0 Å². The molecule has 7 heteroatoms. The van der Waals surface area contributed by atoms with Gasteiger partial charge in [-0.05, 0) is 18.2 Å². The van der Waals surface area contributed by atoms with Gasteiger partial charge in [-0.15, -0.1) is 0 Å². The summed E-state index contributed by atoms with van der Waals surface area (Å²) < 4.78 is 1.91. The average Bonchev–Trinajstić information content (AvgIpc) is 3.06. The fourth-order valence-corrected chi connectivity index (χ4v) is 2.99. The van der Waals surface area contributed by atoms with Gasteiger partial charge < -0.3 is 14.4 Å². The highest BCUT2D eigenvalue weighted by Crippen LogP contribution is 2.13. The number of anilines is 1. The topological polar surface area (TPSA) is 67.2 Å². The molecule has 0 aliphatic carbocycles. The molecule has 1 aliphatic heterocycles. The third kappa shape index (κ3) is 2.80. The van der Waals surface area contributed by atoms with Gasteiger partial charge in [-0.1, -0.05) is 12.1 Å². The van der Waals surface area contributed by atoms with Crippen molar-refractivity contribution >= 4 is 22.9 Å². The number of carbonyl (C=O) groups is 1. The summed E-state index contributed by atoms with van der Waals surface area (Å²) in [5, 5.41) is 0. The van der Waals surface area contributed by atoms with Crippen molar-refractivity contribution in [1.82, 2.24) is 24.4 Å². The lowest BCUT2D eigenvalue weighted by Crippen LogP contribution is -2.50. The van der Waals surface area contributed by atoms with Crippen LogP contribution in [0.5, 0.6) is 0 Å². The number of aromatic nitrogens is 4. The maximum atomic E-state index is 12.6. The molecule has 122 valence electrons. The fourth-order valence-electron chi connectivity index (χ4n) is 2.99. The fraction of sp³-hybridized carbons (Fsp3) is 0.294. The number of carbonyl (C=O) groups excluding carboxylic acids is 1. The molecular formula is C17H18N6O. The standard InChI is InChI=1S/C17H18N6O/c24-16(12-23-13-20-14-4-1-2-5-15(14)23)21-8-10-22(11-9-21)17-18-6-3-7-19-17/h1-7,13H,8-12H2. The van der Waals surface area contributed by atoms with Gasteiger partial charge in [-0.2, -0.15) is 0 Å². The summed E-state index contributed by atoms with van der Waals surface area (Å²) in [7, 11) is 0. The van der Waals surface area contributed by atoms with E-state index >= 15 is 0 Å². The second-order valence-corrected chi connectivity index (χ2v) is 5.78. The number of amides is 1. The molecule has 0 unspecified atom stereocenters. The summed E-state index contributed by atoms with van der Waals surface area (Å²) in [6, 6.07) is 9.66. The first-order valence-corrected chi connectivity index (χ1v) is 8.01. The minimum Gasteiger partial charge on any atom is -0.338 e. The van der Waals surface area contributed by atoms with Crippen molar-refractivity contribution in [3.05, 3.63) is 49.1 Å². The average molecular weight is 322 g/mol. The maximum Gasteiger partial charge on any atom is 0.242 e. The summed E-state index contributed by atoms with van der Waals surface area (Å²) in [5.74, 6) is 0.844. The van der Waals surface area contributed by atoms with Gasteiger partial charge in [0.15, 0.2) is 0 Å². The molecule has 1 amide bonds. The zero-order valence-corrected chi connectivity index (χ0v) is 13.2. The molecule has 0 saturated carbocycles. The summed E-state index contributed by atoms with van der Waals surface area (Å²) in [6.45, 7) is 3.19. The Bertz CT molecular complexity index is 838. The third-order valence-corrected chi connectivity index (χ3v) is 4.30.